The fourth-order valence-electron chi connectivity index (χ4n) is 1.59. The first-order valence-corrected chi connectivity index (χ1v) is 5.20. The van der Waals surface area contributed by atoms with Crippen molar-refractivity contribution in [2.24, 2.45) is 5.73 Å². The maximum atomic E-state index is 11.6. The molecule has 0 radical (unpaired) electrons. The summed E-state index contributed by atoms with van der Waals surface area (Å²) >= 11 is 0. The van der Waals surface area contributed by atoms with E-state index in [0.717, 1.165) is 18.5 Å². The van der Waals surface area contributed by atoms with Crippen molar-refractivity contribution >= 4 is 5.91 Å². The van der Waals surface area contributed by atoms with Gasteiger partial charge < -0.3 is 10.6 Å². The minimum absolute atomic E-state index is 0.0168. The predicted octanol–water partition coefficient (Wildman–Crippen LogP) is 0.531. The molecule has 1 fully saturated rings. The Kier molecular flexibility index (Phi) is 2.97. The van der Waals surface area contributed by atoms with Gasteiger partial charge in [-0.3, -0.25) is 9.78 Å². The lowest BCUT2D eigenvalue weighted by molar-refractivity contribution is -0.130. The Balaban J connectivity index is 2.04. The normalized spacial score (nSPS) is 15.0. The van der Waals surface area contributed by atoms with E-state index in [4.69, 9.17) is 5.73 Å². The highest BCUT2D eigenvalue weighted by molar-refractivity contribution is 5.78. The van der Waals surface area contributed by atoms with E-state index in [2.05, 4.69) is 4.98 Å². The molecule has 0 aromatic carbocycles. The quantitative estimate of drug-likeness (QED) is 0.780. The Labute approximate surface area is 89.1 Å². The Hall–Kier alpha value is -1.42. The fourth-order valence-corrected chi connectivity index (χ4v) is 1.59. The number of hydrogen-bond donors (Lipinski definition) is 1. The number of nitrogens with two attached hydrogens (primary N) is 1. The van der Waals surface area contributed by atoms with Crippen LogP contribution in [0.4, 0.5) is 0 Å². The molecule has 1 amide bonds. The molecule has 1 aromatic rings. The average Bonchev–Trinajstić information content (AvgIpc) is 3.10. The van der Waals surface area contributed by atoms with Crippen molar-refractivity contribution in [3.8, 4) is 0 Å². The highest BCUT2D eigenvalue weighted by Gasteiger charge is 2.31. The van der Waals surface area contributed by atoms with Crippen LogP contribution in [0.25, 0.3) is 0 Å². The van der Waals surface area contributed by atoms with Crippen molar-refractivity contribution in [3.63, 3.8) is 0 Å². The van der Waals surface area contributed by atoms with E-state index < -0.39 is 0 Å². The first kappa shape index (κ1) is 10.1. The van der Waals surface area contributed by atoms with Crippen LogP contribution < -0.4 is 5.73 Å². The standard InChI is InChI=1S/C11H15N3O/c12-7-11(15)14(10-4-5-10)8-9-3-1-2-6-13-9/h1-3,6,10H,4-5,7-8,12H2. The summed E-state index contributed by atoms with van der Waals surface area (Å²) in [5.41, 5.74) is 6.30. The van der Waals surface area contributed by atoms with Gasteiger partial charge in [-0.05, 0) is 25.0 Å². The van der Waals surface area contributed by atoms with Gasteiger partial charge in [0, 0.05) is 12.2 Å². The van der Waals surface area contributed by atoms with Gasteiger partial charge in [-0.1, -0.05) is 6.07 Å². The summed E-state index contributed by atoms with van der Waals surface area (Å²) in [6.07, 6.45) is 3.94. The summed E-state index contributed by atoms with van der Waals surface area (Å²) in [4.78, 5) is 17.6. The van der Waals surface area contributed by atoms with Crippen molar-refractivity contribution in [2.45, 2.75) is 25.4 Å². The van der Waals surface area contributed by atoms with Gasteiger partial charge in [0.25, 0.3) is 0 Å². The molecule has 15 heavy (non-hydrogen) atoms. The third-order valence-electron chi connectivity index (χ3n) is 2.54. The minimum Gasteiger partial charge on any atom is -0.333 e. The van der Waals surface area contributed by atoms with Gasteiger partial charge in [0.05, 0.1) is 18.8 Å². The molecule has 1 aromatic heterocycles. The molecule has 0 bridgehead atoms. The van der Waals surface area contributed by atoms with E-state index >= 15 is 0 Å². The Morgan fingerprint density at radius 3 is 2.87 bits per heavy atom. The monoisotopic (exact) mass is 205 g/mol. The van der Waals surface area contributed by atoms with Crippen molar-refractivity contribution in [1.29, 1.82) is 0 Å². The summed E-state index contributed by atoms with van der Waals surface area (Å²) in [7, 11) is 0. The number of nitrogens with zero attached hydrogens (tertiary/aromatic N) is 2. The van der Waals surface area contributed by atoms with Crippen LogP contribution in [0.3, 0.4) is 0 Å². The number of pyridine rings is 1. The van der Waals surface area contributed by atoms with Crippen molar-refractivity contribution in [1.82, 2.24) is 9.88 Å². The van der Waals surface area contributed by atoms with Crippen LogP contribution in [0, 0.1) is 0 Å². The molecular formula is C11H15N3O. The van der Waals surface area contributed by atoms with Gasteiger partial charge in [0.15, 0.2) is 0 Å². The molecular weight excluding hydrogens is 190 g/mol. The van der Waals surface area contributed by atoms with E-state index in [1.807, 2.05) is 23.1 Å². The van der Waals surface area contributed by atoms with E-state index in [-0.39, 0.29) is 12.5 Å². The summed E-state index contributed by atoms with van der Waals surface area (Å²) < 4.78 is 0. The van der Waals surface area contributed by atoms with Crippen LogP contribution in [0.1, 0.15) is 18.5 Å². The van der Waals surface area contributed by atoms with Crippen LogP contribution in [-0.2, 0) is 11.3 Å². The summed E-state index contributed by atoms with van der Waals surface area (Å²) in [5.74, 6) is 0.0168. The second kappa shape index (κ2) is 4.40. The first-order chi connectivity index (χ1) is 7.31. The van der Waals surface area contributed by atoms with Gasteiger partial charge in [-0.25, -0.2) is 0 Å². The van der Waals surface area contributed by atoms with Gasteiger partial charge in [0.2, 0.25) is 5.91 Å². The molecule has 80 valence electrons. The van der Waals surface area contributed by atoms with E-state index in [9.17, 15) is 4.79 Å². The van der Waals surface area contributed by atoms with Crippen LogP contribution in [0.15, 0.2) is 24.4 Å². The summed E-state index contributed by atoms with van der Waals surface area (Å²) in [6.45, 7) is 0.672. The smallest absolute Gasteiger partial charge is 0.236 e. The molecule has 0 aliphatic heterocycles. The van der Waals surface area contributed by atoms with E-state index in [0.29, 0.717) is 12.6 Å². The van der Waals surface area contributed by atoms with Crippen molar-refractivity contribution < 1.29 is 4.79 Å². The van der Waals surface area contributed by atoms with Gasteiger partial charge in [-0.2, -0.15) is 0 Å². The molecule has 0 spiro atoms. The zero-order chi connectivity index (χ0) is 10.7. The maximum absolute atomic E-state index is 11.6. The lowest BCUT2D eigenvalue weighted by atomic mass is 10.3. The lowest BCUT2D eigenvalue weighted by Crippen LogP contribution is -2.37. The zero-order valence-electron chi connectivity index (χ0n) is 8.60. The van der Waals surface area contributed by atoms with Gasteiger partial charge in [-0.15, -0.1) is 0 Å². The molecule has 1 aliphatic rings. The fraction of sp³-hybridized carbons (Fsp3) is 0.455. The molecule has 2 rings (SSSR count). The Morgan fingerprint density at radius 1 is 1.53 bits per heavy atom. The molecule has 1 heterocycles. The van der Waals surface area contributed by atoms with Gasteiger partial charge in [0.1, 0.15) is 0 Å². The van der Waals surface area contributed by atoms with Crippen LogP contribution >= 0.6 is 0 Å². The first-order valence-electron chi connectivity index (χ1n) is 5.20. The second-order valence-electron chi connectivity index (χ2n) is 3.78. The molecule has 2 N–H and O–H groups in total. The highest BCUT2D eigenvalue weighted by Crippen LogP contribution is 2.27. The molecule has 0 atom stereocenters. The van der Waals surface area contributed by atoms with E-state index in [1.54, 1.807) is 6.20 Å². The Morgan fingerprint density at radius 2 is 2.33 bits per heavy atom. The lowest BCUT2D eigenvalue weighted by Gasteiger charge is -2.21. The largest absolute Gasteiger partial charge is 0.333 e. The number of carbonyl (C=O) groups is 1. The van der Waals surface area contributed by atoms with E-state index in [1.165, 1.54) is 0 Å². The van der Waals surface area contributed by atoms with Crippen LogP contribution in [0.5, 0.6) is 0 Å². The minimum atomic E-state index is 0.0168. The number of carbonyl (C=O) groups excluding carboxylic acids is 1. The molecule has 1 saturated carbocycles. The molecule has 0 unspecified atom stereocenters. The average molecular weight is 205 g/mol. The molecule has 0 saturated heterocycles. The Bertz CT molecular complexity index is 335. The number of hydrogen-bond acceptors (Lipinski definition) is 3. The third-order valence-corrected chi connectivity index (χ3v) is 2.54. The molecule has 1 aliphatic carbocycles. The third kappa shape index (κ3) is 2.53. The molecule has 4 nitrogen and oxygen atoms in total. The highest BCUT2D eigenvalue weighted by atomic mass is 16.2. The second-order valence-corrected chi connectivity index (χ2v) is 3.78. The number of rotatable bonds is 4. The van der Waals surface area contributed by atoms with Crippen molar-refractivity contribution in [2.75, 3.05) is 6.54 Å². The summed E-state index contributed by atoms with van der Waals surface area (Å²) in [6, 6.07) is 6.12. The number of aromatic nitrogens is 1. The van der Waals surface area contributed by atoms with Gasteiger partial charge >= 0.3 is 0 Å². The summed E-state index contributed by atoms with van der Waals surface area (Å²) in [5, 5.41) is 0. The maximum Gasteiger partial charge on any atom is 0.236 e. The van der Waals surface area contributed by atoms with Crippen molar-refractivity contribution in [3.05, 3.63) is 30.1 Å². The van der Waals surface area contributed by atoms with Crippen LogP contribution in [0.2, 0.25) is 0 Å². The van der Waals surface area contributed by atoms with Crippen LogP contribution in [-0.4, -0.2) is 28.4 Å². The number of amides is 1. The molecule has 4 heteroatoms. The SMILES string of the molecule is NCC(=O)N(Cc1ccccn1)C1CC1. The zero-order valence-corrected chi connectivity index (χ0v) is 8.60. The topological polar surface area (TPSA) is 59.2 Å². The predicted molar refractivity (Wildman–Crippen MR) is 56.9 cm³/mol.